The first-order chi connectivity index (χ1) is 23.1. The van der Waals surface area contributed by atoms with Crippen LogP contribution in [0.3, 0.4) is 0 Å². The third-order valence-electron chi connectivity index (χ3n) is 10.4. The average Bonchev–Trinajstić information content (AvgIpc) is 3.06. The third kappa shape index (κ3) is 5.94. The van der Waals surface area contributed by atoms with Crippen LogP contribution in [0.25, 0.3) is 64.6 Å². The molecular weight excluding hydrogens is 609 g/mol. The highest BCUT2D eigenvalue weighted by atomic mass is 28.3. The molecule has 7 aromatic carbocycles. The highest BCUT2D eigenvalue weighted by Gasteiger charge is 2.18. The number of hydrogen-bond donors (Lipinski definition) is 0. The van der Waals surface area contributed by atoms with E-state index in [1.807, 2.05) is 0 Å². The lowest BCUT2D eigenvalue weighted by Crippen LogP contribution is -2.18. The van der Waals surface area contributed by atoms with Crippen LogP contribution in [0.2, 0.25) is 22.2 Å². The summed E-state index contributed by atoms with van der Waals surface area (Å²) in [7, 11) is -2.22. The molecule has 0 saturated carbocycles. The van der Waals surface area contributed by atoms with Crippen molar-refractivity contribution in [3.05, 3.63) is 108 Å². The third-order valence-corrected chi connectivity index (χ3v) is 17.1. The van der Waals surface area contributed by atoms with Gasteiger partial charge in [0.25, 0.3) is 0 Å². The van der Waals surface area contributed by atoms with E-state index >= 15 is 0 Å². The maximum atomic E-state index is 3.70. The van der Waals surface area contributed by atoms with Gasteiger partial charge in [0.2, 0.25) is 0 Å². The highest BCUT2D eigenvalue weighted by Crippen LogP contribution is 2.37. The Kier molecular flexibility index (Phi) is 8.68. The van der Waals surface area contributed by atoms with Crippen LogP contribution in [-0.4, -0.2) is 17.6 Å². The predicted octanol–water partition coefficient (Wildman–Crippen LogP) is 12.5. The molecule has 0 aliphatic rings. The van der Waals surface area contributed by atoms with Crippen LogP contribution in [-0.2, 0) is 0 Å². The summed E-state index contributed by atoms with van der Waals surface area (Å²) < 4.78 is 0. The van der Waals surface area contributed by atoms with E-state index in [-0.39, 0.29) is 0 Å². The van der Waals surface area contributed by atoms with E-state index in [2.05, 4.69) is 175 Å². The van der Waals surface area contributed by atoms with Gasteiger partial charge in [-0.2, -0.15) is 0 Å². The fourth-order valence-corrected chi connectivity index (χ4v) is 13.0. The van der Waals surface area contributed by atoms with Gasteiger partial charge in [-0.15, -0.1) is 11.1 Å². The second kappa shape index (κ2) is 12.9. The van der Waals surface area contributed by atoms with Crippen LogP contribution >= 0.6 is 0 Å². The van der Waals surface area contributed by atoms with Crippen molar-refractivity contribution < 1.29 is 0 Å². The van der Waals surface area contributed by atoms with E-state index in [4.69, 9.17) is 0 Å². The minimum atomic E-state index is -1.11. The molecule has 0 fully saturated rings. The minimum Gasteiger partial charge on any atom is -0.130 e. The molecule has 0 unspecified atom stereocenters. The molecule has 0 aromatic heterocycles. The van der Waals surface area contributed by atoms with Gasteiger partial charge < -0.3 is 0 Å². The van der Waals surface area contributed by atoms with Crippen molar-refractivity contribution in [2.75, 3.05) is 0 Å². The fourth-order valence-electron chi connectivity index (χ4n) is 7.95. The monoisotopic (exact) mass is 654 g/mol. The van der Waals surface area contributed by atoms with Crippen LogP contribution in [0, 0.1) is 22.9 Å². The molecule has 0 saturated heterocycles. The van der Waals surface area contributed by atoms with Crippen LogP contribution in [0.5, 0.6) is 0 Å². The molecule has 7 rings (SSSR count). The van der Waals surface area contributed by atoms with Crippen molar-refractivity contribution in [2.45, 2.75) is 77.6 Å². The highest BCUT2D eigenvalue weighted by molar-refractivity contribution is 6.70. The summed E-state index contributed by atoms with van der Waals surface area (Å²) in [5.41, 5.74) is 12.4. The first kappa shape index (κ1) is 32.2. The normalized spacial score (nSPS) is 12.1. The van der Waals surface area contributed by atoms with Crippen molar-refractivity contribution in [1.82, 2.24) is 0 Å². The first-order valence-corrected chi connectivity index (χ1v) is 21.6. The van der Waals surface area contributed by atoms with Gasteiger partial charge in [-0.1, -0.05) is 128 Å². The lowest BCUT2D eigenvalue weighted by Gasteiger charge is -2.16. The Morgan fingerprint density at radius 1 is 0.333 bits per heavy atom. The maximum Gasteiger partial charge on any atom is 0.128 e. The Hall–Kier alpha value is -4.35. The van der Waals surface area contributed by atoms with Gasteiger partial charge in [0.05, 0.1) is 0 Å². The van der Waals surface area contributed by atoms with E-state index < -0.39 is 17.6 Å². The topological polar surface area (TPSA) is 0 Å². The maximum absolute atomic E-state index is 3.70. The van der Waals surface area contributed by atoms with Crippen molar-refractivity contribution in [3.8, 4) is 22.9 Å². The van der Waals surface area contributed by atoms with Gasteiger partial charge in [-0.25, -0.2) is 0 Å². The number of fused-ring (bicyclic) bond motifs is 10. The lowest BCUT2D eigenvalue weighted by molar-refractivity contribution is 0.954. The largest absolute Gasteiger partial charge is 0.130 e. The zero-order valence-corrected chi connectivity index (χ0v) is 32.0. The van der Waals surface area contributed by atoms with E-state index in [1.165, 1.54) is 64.6 Å². The molecule has 0 aliphatic carbocycles. The molecular formula is C46H46Si2. The molecule has 2 heteroatoms. The van der Waals surface area contributed by atoms with Crippen molar-refractivity contribution in [3.63, 3.8) is 0 Å². The SMILES string of the molecule is CC(C)[SiH](C#Cc1ccc2c(ccc3c4cc5ccc6c7ccc(C#C[SiH](C(C)C)C(C)C)cc7ccc6c5cc4ccc23)c1)C(C)C. The van der Waals surface area contributed by atoms with Crippen LogP contribution < -0.4 is 0 Å². The molecule has 0 nitrogen and oxygen atoms in total. The molecule has 0 radical (unpaired) electrons. The van der Waals surface area contributed by atoms with Gasteiger partial charge in [-0.3, -0.25) is 0 Å². The van der Waals surface area contributed by atoms with Gasteiger partial charge in [0.1, 0.15) is 17.6 Å². The fraction of sp³-hybridized carbons (Fsp3) is 0.261. The Balaban J connectivity index is 1.29. The Bertz CT molecular complexity index is 2300. The molecule has 0 amide bonds. The quantitative estimate of drug-likeness (QED) is 0.0767. The van der Waals surface area contributed by atoms with Gasteiger partial charge >= 0.3 is 0 Å². The Morgan fingerprint density at radius 2 is 0.625 bits per heavy atom. The molecule has 0 spiro atoms. The second-order valence-electron chi connectivity index (χ2n) is 15.2. The Labute approximate surface area is 289 Å². The second-order valence-corrected chi connectivity index (χ2v) is 23.2. The minimum absolute atomic E-state index is 0.690. The first-order valence-electron chi connectivity index (χ1n) is 17.8. The molecule has 238 valence electrons. The average molecular weight is 655 g/mol. The summed E-state index contributed by atoms with van der Waals surface area (Å²) in [5, 5.41) is 15.5. The van der Waals surface area contributed by atoms with Crippen LogP contribution in [0.1, 0.15) is 66.5 Å². The van der Waals surface area contributed by atoms with Crippen LogP contribution in [0.4, 0.5) is 0 Å². The number of benzene rings is 7. The van der Waals surface area contributed by atoms with E-state index in [0.717, 1.165) is 11.1 Å². The number of hydrogen-bond acceptors (Lipinski definition) is 0. The van der Waals surface area contributed by atoms with Gasteiger partial charge in [0, 0.05) is 11.1 Å². The molecule has 48 heavy (non-hydrogen) atoms. The van der Waals surface area contributed by atoms with E-state index in [1.54, 1.807) is 0 Å². The zero-order chi connectivity index (χ0) is 33.7. The van der Waals surface area contributed by atoms with E-state index in [9.17, 15) is 0 Å². The lowest BCUT2D eigenvalue weighted by atomic mass is 9.92. The summed E-state index contributed by atoms with van der Waals surface area (Å²) in [6.45, 7) is 18.7. The van der Waals surface area contributed by atoms with Gasteiger partial charge in [0.15, 0.2) is 0 Å². The molecule has 0 heterocycles. The molecule has 0 atom stereocenters. The summed E-state index contributed by atoms with van der Waals surface area (Å²) >= 11 is 0. The standard InChI is InChI=1S/C46H46Si2/c1-29(2)47(30(3)4)23-21-33-9-15-39-35(25-33)11-19-43-41(39)17-13-37-28-46-38(27-45(37)43)14-18-42-40-16-10-34(26-36(40)12-20-44(42)46)22-24-48(31(5)6)32(7)8/h9-20,25-32,47-48H,1-8H3. The summed E-state index contributed by atoms with van der Waals surface area (Å²) in [4.78, 5) is 0. The molecule has 0 bridgehead atoms. The smallest absolute Gasteiger partial charge is 0.128 e. The molecule has 7 aromatic rings. The predicted molar refractivity (Wildman–Crippen MR) is 220 cm³/mol. The molecule has 0 aliphatic heterocycles. The summed E-state index contributed by atoms with van der Waals surface area (Å²) in [5.74, 6) is 7.10. The summed E-state index contributed by atoms with van der Waals surface area (Å²) in [6.07, 6.45) is 0. The molecule has 0 N–H and O–H groups in total. The van der Waals surface area contributed by atoms with Crippen molar-refractivity contribution in [2.24, 2.45) is 0 Å². The zero-order valence-electron chi connectivity index (χ0n) is 29.7. The van der Waals surface area contributed by atoms with Crippen LogP contribution in [0.15, 0.2) is 97.1 Å². The van der Waals surface area contributed by atoms with Gasteiger partial charge in [-0.05, 0) is 123 Å². The Morgan fingerprint density at radius 3 is 0.958 bits per heavy atom. The summed E-state index contributed by atoms with van der Waals surface area (Å²) in [6, 6.07) is 36.8. The van der Waals surface area contributed by atoms with Crippen molar-refractivity contribution in [1.29, 1.82) is 0 Å². The number of rotatable bonds is 4. The van der Waals surface area contributed by atoms with Crippen molar-refractivity contribution >= 4 is 82.2 Å². The van der Waals surface area contributed by atoms with E-state index in [0.29, 0.717) is 22.2 Å².